The quantitative estimate of drug-likeness (QED) is 0.485. The van der Waals surface area contributed by atoms with E-state index in [2.05, 4.69) is 20.8 Å². The van der Waals surface area contributed by atoms with Crippen LogP contribution in [0.25, 0.3) is 0 Å². The Balaban J connectivity index is 2.49. The van der Waals surface area contributed by atoms with Gasteiger partial charge in [-0.2, -0.15) is 5.10 Å². The van der Waals surface area contributed by atoms with Crippen molar-refractivity contribution >= 4 is 17.5 Å². The third-order valence-corrected chi connectivity index (χ3v) is 1.97. The molecular formula is C9H15N5O2. The number of nitrogens with two attached hydrogens (primary N) is 1. The Morgan fingerprint density at radius 3 is 2.81 bits per heavy atom. The van der Waals surface area contributed by atoms with Gasteiger partial charge in [-0.1, -0.05) is 0 Å². The maximum Gasteiger partial charge on any atom is 0.237 e. The van der Waals surface area contributed by atoms with Crippen molar-refractivity contribution in [3.8, 4) is 0 Å². The molecule has 0 aliphatic heterocycles. The first-order valence-corrected chi connectivity index (χ1v) is 4.84. The summed E-state index contributed by atoms with van der Waals surface area (Å²) in [4.78, 5) is 22.7. The van der Waals surface area contributed by atoms with E-state index in [1.807, 2.05) is 0 Å². The molecule has 1 atom stereocenters. The normalized spacial score (nSPS) is 11.9. The van der Waals surface area contributed by atoms with Gasteiger partial charge < -0.3 is 16.4 Å². The number of Topliss-reactive ketones (excluding diaryl/α,β-unsaturated/α-hetero) is 1. The number of aromatic nitrogens is 2. The molecule has 0 bridgehead atoms. The number of nitrogens with zero attached hydrogens (tertiary/aromatic N) is 1. The highest BCUT2D eigenvalue weighted by Gasteiger charge is 2.12. The van der Waals surface area contributed by atoms with E-state index >= 15 is 0 Å². The molecular weight excluding hydrogens is 210 g/mol. The lowest BCUT2D eigenvalue weighted by Crippen LogP contribution is -2.40. The predicted octanol–water partition coefficient (Wildman–Crippen LogP) is -0.902. The van der Waals surface area contributed by atoms with E-state index in [9.17, 15) is 9.59 Å². The minimum atomic E-state index is -0.623. The van der Waals surface area contributed by atoms with Crippen LogP contribution < -0.4 is 16.4 Å². The Labute approximate surface area is 92.8 Å². The van der Waals surface area contributed by atoms with Crippen LogP contribution >= 0.6 is 0 Å². The average molecular weight is 225 g/mol. The Morgan fingerprint density at radius 2 is 2.31 bits per heavy atom. The molecule has 16 heavy (non-hydrogen) atoms. The first-order valence-electron chi connectivity index (χ1n) is 4.84. The van der Waals surface area contributed by atoms with E-state index in [4.69, 9.17) is 5.73 Å². The fourth-order valence-corrected chi connectivity index (χ4v) is 1.02. The van der Waals surface area contributed by atoms with Gasteiger partial charge in [0.2, 0.25) is 5.91 Å². The number of anilines is 1. The number of carbonyl (C=O) groups excluding carboxylic acids is 2. The van der Waals surface area contributed by atoms with E-state index < -0.39 is 6.04 Å². The van der Waals surface area contributed by atoms with E-state index in [-0.39, 0.29) is 18.2 Å². The Hall–Kier alpha value is -1.89. The van der Waals surface area contributed by atoms with E-state index in [1.54, 1.807) is 20.0 Å². The van der Waals surface area contributed by atoms with Crippen LogP contribution in [0, 0.1) is 0 Å². The van der Waals surface area contributed by atoms with Crippen LogP contribution in [0.2, 0.25) is 0 Å². The molecule has 0 radical (unpaired) electrons. The number of aromatic amines is 1. The van der Waals surface area contributed by atoms with Crippen LogP contribution in [0.15, 0.2) is 6.07 Å². The van der Waals surface area contributed by atoms with Gasteiger partial charge in [-0.25, -0.2) is 0 Å². The van der Waals surface area contributed by atoms with Crippen LogP contribution in [0.1, 0.15) is 17.4 Å². The van der Waals surface area contributed by atoms with Gasteiger partial charge in [0.05, 0.1) is 12.6 Å². The van der Waals surface area contributed by atoms with Crippen molar-refractivity contribution in [2.45, 2.75) is 13.0 Å². The molecule has 1 heterocycles. The second kappa shape index (κ2) is 5.26. The highest BCUT2D eigenvalue weighted by atomic mass is 16.2. The minimum absolute atomic E-state index is 0.0915. The number of ketones is 1. The lowest BCUT2D eigenvalue weighted by molar-refractivity contribution is -0.121. The third-order valence-electron chi connectivity index (χ3n) is 1.97. The summed E-state index contributed by atoms with van der Waals surface area (Å²) in [6.45, 7) is 1.46. The van der Waals surface area contributed by atoms with E-state index in [0.29, 0.717) is 11.5 Å². The Bertz CT molecular complexity index is 385. The summed E-state index contributed by atoms with van der Waals surface area (Å²) < 4.78 is 0. The molecule has 1 amide bonds. The number of hydrogen-bond acceptors (Lipinski definition) is 5. The van der Waals surface area contributed by atoms with Crippen LogP contribution in [-0.4, -0.2) is 41.5 Å². The van der Waals surface area contributed by atoms with Crippen molar-refractivity contribution in [1.82, 2.24) is 15.5 Å². The van der Waals surface area contributed by atoms with Crippen molar-refractivity contribution < 1.29 is 9.59 Å². The standard InChI is InChI=1S/C9H15N5O2/c1-5(10)9(16)12-4-7(15)6-3-8(11-2)14-13-6/h3,5H,4,10H2,1-2H3,(H,12,16)(H2,11,13,14). The molecule has 0 aromatic carbocycles. The summed E-state index contributed by atoms with van der Waals surface area (Å²) in [6, 6.07) is 0.947. The monoisotopic (exact) mass is 225 g/mol. The van der Waals surface area contributed by atoms with Crippen molar-refractivity contribution in [1.29, 1.82) is 0 Å². The zero-order valence-electron chi connectivity index (χ0n) is 9.20. The van der Waals surface area contributed by atoms with Crippen molar-refractivity contribution in [3.63, 3.8) is 0 Å². The minimum Gasteiger partial charge on any atom is -0.372 e. The fourth-order valence-electron chi connectivity index (χ4n) is 1.02. The summed E-state index contributed by atoms with van der Waals surface area (Å²) in [5.74, 6) is -0.0356. The zero-order chi connectivity index (χ0) is 12.1. The van der Waals surface area contributed by atoms with Crippen LogP contribution in [-0.2, 0) is 4.79 Å². The number of nitrogens with one attached hydrogen (secondary N) is 3. The van der Waals surface area contributed by atoms with Crippen LogP contribution in [0.5, 0.6) is 0 Å². The molecule has 7 nitrogen and oxygen atoms in total. The Kier molecular flexibility index (Phi) is 4.01. The van der Waals surface area contributed by atoms with Gasteiger partial charge in [-0.15, -0.1) is 0 Å². The van der Waals surface area contributed by atoms with E-state index in [1.165, 1.54) is 0 Å². The highest BCUT2D eigenvalue weighted by Crippen LogP contribution is 2.04. The maximum atomic E-state index is 11.5. The van der Waals surface area contributed by atoms with Crippen molar-refractivity contribution in [2.24, 2.45) is 5.73 Å². The Morgan fingerprint density at radius 1 is 1.62 bits per heavy atom. The molecule has 5 N–H and O–H groups in total. The molecule has 1 rings (SSSR count). The molecule has 0 spiro atoms. The molecule has 1 aromatic heterocycles. The molecule has 0 saturated heterocycles. The SMILES string of the molecule is CNc1cc(C(=O)CNC(=O)C(C)N)[nH]n1. The van der Waals surface area contributed by atoms with E-state index in [0.717, 1.165) is 0 Å². The third kappa shape index (κ3) is 3.06. The second-order valence-electron chi connectivity index (χ2n) is 3.35. The second-order valence-corrected chi connectivity index (χ2v) is 3.35. The van der Waals surface area contributed by atoms with Crippen LogP contribution in [0.4, 0.5) is 5.82 Å². The summed E-state index contributed by atoms with van der Waals surface area (Å²) in [5.41, 5.74) is 5.67. The molecule has 88 valence electrons. The summed E-state index contributed by atoms with van der Waals surface area (Å²) in [7, 11) is 1.70. The lowest BCUT2D eigenvalue weighted by atomic mass is 10.2. The van der Waals surface area contributed by atoms with Crippen molar-refractivity contribution in [2.75, 3.05) is 18.9 Å². The topological polar surface area (TPSA) is 113 Å². The number of amides is 1. The van der Waals surface area contributed by atoms with Gasteiger partial charge in [0.15, 0.2) is 5.78 Å². The highest BCUT2D eigenvalue weighted by molar-refractivity contribution is 5.98. The number of rotatable bonds is 5. The van der Waals surface area contributed by atoms with Gasteiger partial charge >= 0.3 is 0 Å². The average Bonchev–Trinajstić information content (AvgIpc) is 2.73. The molecule has 7 heteroatoms. The molecule has 0 aliphatic carbocycles. The largest absolute Gasteiger partial charge is 0.372 e. The zero-order valence-corrected chi connectivity index (χ0v) is 9.20. The van der Waals surface area contributed by atoms with Crippen LogP contribution in [0.3, 0.4) is 0 Å². The molecule has 0 fully saturated rings. The number of hydrogen-bond donors (Lipinski definition) is 4. The predicted molar refractivity (Wildman–Crippen MR) is 59.1 cm³/mol. The summed E-state index contributed by atoms with van der Waals surface area (Å²) in [5, 5.41) is 11.6. The lowest BCUT2D eigenvalue weighted by Gasteiger charge is -2.05. The van der Waals surface area contributed by atoms with Gasteiger partial charge in [-0.05, 0) is 6.92 Å². The maximum absolute atomic E-state index is 11.5. The molecule has 0 aliphatic rings. The number of H-pyrrole nitrogens is 1. The van der Waals surface area contributed by atoms with Crippen molar-refractivity contribution in [3.05, 3.63) is 11.8 Å². The first-order chi connectivity index (χ1) is 7.54. The van der Waals surface area contributed by atoms with Gasteiger partial charge in [0.1, 0.15) is 11.5 Å². The van der Waals surface area contributed by atoms with Gasteiger partial charge in [-0.3, -0.25) is 14.7 Å². The molecule has 1 unspecified atom stereocenters. The molecule has 0 saturated carbocycles. The first kappa shape index (κ1) is 12.2. The summed E-state index contributed by atoms with van der Waals surface area (Å²) in [6.07, 6.45) is 0. The smallest absolute Gasteiger partial charge is 0.237 e. The number of carbonyl (C=O) groups is 2. The molecule has 1 aromatic rings. The van der Waals surface area contributed by atoms with Gasteiger partial charge in [0, 0.05) is 13.1 Å². The fraction of sp³-hybridized carbons (Fsp3) is 0.444. The van der Waals surface area contributed by atoms with Gasteiger partial charge in [0.25, 0.3) is 0 Å². The summed E-state index contributed by atoms with van der Waals surface area (Å²) >= 11 is 0.